The van der Waals surface area contributed by atoms with Gasteiger partial charge in [-0.25, -0.2) is 4.39 Å². The predicted octanol–water partition coefficient (Wildman–Crippen LogP) is 3.43. The molecule has 1 rings (SSSR count). The Morgan fingerprint density at radius 2 is 2.06 bits per heavy atom. The van der Waals surface area contributed by atoms with E-state index in [9.17, 15) is 9.18 Å². The topological polar surface area (TPSA) is 29.1 Å². The summed E-state index contributed by atoms with van der Waals surface area (Å²) in [6, 6.07) is 4.36. The second-order valence-corrected chi connectivity index (χ2v) is 6.13. The van der Waals surface area contributed by atoms with E-state index in [0.717, 1.165) is 0 Å². The Hall–Kier alpha value is -0.900. The molecule has 0 saturated heterocycles. The minimum absolute atomic E-state index is 0.139. The van der Waals surface area contributed by atoms with Gasteiger partial charge >= 0.3 is 0 Å². The van der Waals surface area contributed by atoms with Gasteiger partial charge in [0.25, 0.3) is 5.91 Å². The molecule has 0 aliphatic rings. The van der Waals surface area contributed by atoms with Crippen LogP contribution < -0.4 is 5.32 Å². The lowest BCUT2D eigenvalue weighted by atomic mass is 10.0. The predicted molar refractivity (Wildman–Crippen MR) is 71.1 cm³/mol. The highest BCUT2D eigenvalue weighted by Gasteiger charge is 2.26. The van der Waals surface area contributed by atoms with Gasteiger partial charge in [0.15, 0.2) is 0 Å². The smallest absolute Gasteiger partial charge is 0.251 e. The highest BCUT2D eigenvalue weighted by atomic mass is 79.9. The Labute approximate surface area is 110 Å². The van der Waals surface area contributed by atoms with Crippen LogP contribution in [0.5, 0.6) is 0 Å². The highest BCUT2D eigenvalue weighted by molar-refractivity contribution is 9.09. The lowest BCUT2D eigenvalue weighted by Crippen LogP contribution is -2.48. The van der Waals surface area contributed by atoms with Crippen LogP contribution in [0.4, 0.5) is 4.39 Å². The van der Waals surface area contributed by atoms with E-state index in [1.807, 2.05) is 20.8 Å². The molecule has 1 aromatic rings. The van der Waals surface area contributed by atoms with Crippen molar-refractivity contribution in [3.05, 3.63) is 35.1 Å². The number of amides is 1. The summed E-state index contributed by atoms with van der Waals surface area (Å²) in [5.41, 5.74) is 0.590. The van der Waals surface area contributed by atoms with Crippen LogP contribution in [0, 0.1) is 12.7 Å². The largest absolute Gasteiger partial charge is 0.346 e. The summed E-state index contributed by atoms with van der Waals surface area (Å²) in [7, 11) is 0. The van der Waals surface area contributed by atoms with Crippen molar-refractivity contribution in [1.82, 2.24) is 5.32 Å². The molecule has 0 aliphatic carbocycles. The molecular formula is C13H17BrFNO. The molecule has 0 bridgehead atoms. The number of carbonyl (C=O) groups is 1. The number of aryl methyl sites for hydroxylation is 1. The number of nitrogens with one attached hydrogen (secondary N) is 1. The maximum absolute atomic E-state index is 13.1. The minimum Gasteiger partial charge on any atom is -0.346 e. The van der Waals surface area contributed by atoms with Gasteiger partial charge in [0.2, 0.25) is 0 Å². The van der Waals surface area contributed by atoms with E-state index in [-0.39, 0.29) is 22.1 Å². The van der Waals surface area contributed by atoms with E-state index in [4.69, 9.17) is 0 Å². The Bertz CT molecular complexity index is 429. The fraction of sp³-hybridized carbons (Fsp3) is 0.462. The molecule has 0 aliphatic heterocycles. The standard InChI is InChI=1S/C13H17BrFNO/c1-8-7-10(5-6-11(8)15)12(17)16-13(3,4)9(2)14/h5-7,9H,1-4H3,(H,16,17). The average Bonchev–Trinajstić information content (AvgIpc) is 2.21. The number of alkyl halides is 1. The first-order valence-corrected chi connectivity index (χ1v) is 6.38. The fourth-order valence-corrected chi connectivity index (χ4v) is 1.36. The maximum Gasteiger partial charge on any atom is 0.251 e. The van der Waals surface area contributed by atoms with Crippen molar-refractivity contribution in [3.63, 3.8) is 0 Å². The van der Waals surface area contributed by atoms with Crippen LogP contribution in [0.15, 0.2) is 18.2 Å². The van der Waals surface area contributed by atoms with Gasteiger partial charge in [-0.2, -0.15) is 0 Å². The van der Waals surface area contributed by atoms with Crippen LogP contribution >= 0.6 is 15.9 Å². The van der Waals surface area contributed by atoms with Gasteiger partial charge in [0.1, 0.15) is 5.82 Å². The molecule has 0 spiro atoms. The highest BCUT2D eigenvalue weighted by Crippen LogP contribution is 2.18. The van der Waals surface area contributed by atoms with Crippen molar-refractivity contribution in [2.24, 2.45) is 0 Å². The zero-order valence-corrected chi connectivity index (χ0v) is 12.1. The molecule has 0 saturated carbocycles. The molecule has 1 aromatic carbocycles. The summed E-state index contributed by atoms with van der Waals surface area (Å²) in [6.45, 7) is 7.47. The molecule has 0 fully saturated rings. The lowest BCUT2D eigenvalue weighted by Gasteiger charge is -2.29. The summed E-state index contributed by atoms with van der Waals surface area (Å²) in [5.74, 6) is -0.487. The van der Waals surface area contributed by atoms with Gasteiger partial charge in [0, 0.05) is 15.9 Å². The summed E-state index contributed by atoms with van der Waals surface area (Å²) < 4.78 is 13.1. The maximum atomic E-state index is 13.1. The van der Waals surface area contributed by atoms with E-state index in [0.29, 0.717) is 11.1 Å². The number of benzene rings is 1. The van der Waals surface area contributed by atoms with Gasteiger partial charge < -0.3 is 5.32 Å². The zero-order valence-electron chi connectivity index (χ0n) is 10.5. The summed E-state index contributed by atoms with van der Waals surface area (Å²) in [5, 5.41) is 2.91. The molecular weight excluding hydrogens is 285 g/mol. The molecule has 0 radical (unpaired) electrons. The normalized spacial score (nSPS) is 13.3. The van der Waals surface area contributed by atoms with E-state index < -0.39 is 0 Å². The van der Waals surface area contributed by atoms with Crippen molar-refractivity contribution in [2.45, 2.75) is 38.1 Å². The molecule has 94 valence electrons. The summed E-state index contributed by atoms with van der Waals surface area (Å²) >= 11 is 3.45. The van der Waals surface area contributed by atoms with Gasteiger partial charge in [0.05, 0.1) is 0 Å². The number of carbonyl (C=O) groups excluding carboxylic acids is 1. The number of halogens is 2. The molecule has 1 unspecified atom stereocenters. The number of hydrogen-bond donors (Lipinski definition) is 1. The minimum atomic E-state index is -0.362. The quantitative estimate of drug-likeness (QED) is 0.852. The van der Waals surface area contributed by atoms with Crippen LogP contribution in [0.1, 0.15) is 36.7 Å². The fourth-order valence-electron chi connectivity index (χ4n) is 1.25. The molecule has 1 amide bonds. The molecule has 17 heavy (non-hydrogen) atoms. The van der Waals surface area contributed by atoms with Crippen LogP contribution in [0.2, 0.25) is 0 Å². The van der Waals surface area contributed by atoms with Gasteiger partial charge in [-0.1, -0.05) is 22.9 Å². The first-order valence-electron chi connectivity index (χ1n) is 5.47. The Kier molecular flexibility index (Phi) is 4.31. The van der Waals surface area contributed by atoms with E-state index in [2.05, 4.69) is 21.2 Å². The van der Waals surface area contributed by atoms with Gasteiger partial charge in [-0.3, -0.25) is 4.79 Å². The third kappa shape index (κ3) is 3.53. The van der Waals surface area contributed by atoms with Crippen LogP contribution in [-0.4, -0.2) is 16.3 Å². The average molecular weight is 302 g/mol. The molecule has 0 aromatic heterocycles. The third-order valence-corrected chi connectivity index (χ3v) is 3.99. The van der Waals surface area contributed by atoms with Crippen molar-refractivity contribution in [1.29, 1.82) is 0 Å². The second kappa shape index (κ2) is 5.17. The van der Waals surface area contributed by atoms with Gasteiger partial charge in [-0.15, -0.1) is 0 Å². The van der Waals surface area contributed by atoms with Crippen molar-refractivity contribution >= 4 is 21.8 Å². The van der Waals surface area contributed by atoms with E-state index >= 15 is 0 Å². The Balaban J connectivity index is 2.87. The van der Waals surface area contributed by atoms with Crippen molar-refractivity contribution in [3.8, 4) is 0 Å². The molecule has 2 nitrogen and oxygen atoms in total. The lowest BCUT2D eigenvalue weighted by molar-refractivity contribution is 0.0913. The monoisotopic (exact) mass is 301 g/mol. The Morgan fingerprint density at radius 3 is 2.53 bits per heavy atom. The first-order chi connectivity index (χ1) is 7.74. The molecule has 1 N–H and O–H groups in total. The number of rotatable bonds is 3. The summed E-state index contributed by atoms with van der Waals surface area (Å²) in [4.78, 5) is 12.1. The SMILES string of the molecule is Cc1cc(C(=O)NC(C)(C)C(C)Br)ccc1F. The Morgan fingerprint density at radius 1 is 1.47 bits per heavy atom. The van der Waals surface area contributed by atoms with E-state index in [1.165, 1.54) is 12.1 Å². The van der Waals surface area contributed by atoms with Crippen molar-refractivity contribution in [2.75, 3.05) is 0 Å². The molecule has 1 atom stereocenters. The van der Waals surface area contributed by atoms with Crippen LogP contribution in [-0.2, 0) is 0 Å². The van der Waals surface area contributed by atoms with E-state index in [1.54, 1.807) is 13.0 Å². The first kappa shape index (κ1) is 14.2. The summed E-state index contributed by atoms with van der Waals surface area (Å²) in [6.07, 6.45) is 0. The van der Waals surface area contributed by atoms with Crippen molar-refractivity contribution < 1.29 is 9.18 Å². The second-order valence-electron chi connectivity index (χ2n) is 4.76. The van der Waals surface area contributed by atoms with Gasteiger partial charge in [-0.05, 0) is 44.5 Å². The third-order valence-electron chi connectivity index (χ3n) is 2.85. The zero-order chi connectivity index (χ0) is 13.2. The molecule has 0 heterocycles. The van der Waals surface area contributed by atoms with Crippen LogP contribution in [0.3, 0.4) is 0 Å². The van der Waals surface area contributed by atoms with Crippen LogP contribution in [0.25, 0.3) is 0 Å². The number of hydrogen-bond acceptors (Lipinski definition) is 1. The molecule has 4 heteroatoms.